The normalized spacial score (nSPS) is 12.2. The summed E-state index contributed by atoms with van der Waals surface area (Å²) in [6.07, 6.45) is 3.86. The van der Waals surface area contributed by atoms with Crippen LogP contribution in [-0.2, 0) is 4.79 Å². The van der Waals surface area contributed by atoms with Gasteiger partial charge in [0.2, 0.25) is 5.91 Å². The van der Waals surface area contributed by atoms with E-state index in [1.165, 1.54) is 0 Å². The molecule has 0 saturated heterocycles. The number of amides is 1. The van der Waals surface area contributed by atoms with Crippen LogP contribution in [0.25, 0.3) is 0 Å². The Labute approximate surface area is 128 Å². The molecule has 1 aromatic carbocycles. The maximum Gasteiger partial charge on any atom is 0.224 e. The highest BCUT2D eigenvalue weighted by Crippen LogP contribution is 2.27. The maximum absolute atomic E-state index is 13.6. The summed E-state index contributed by atoms with van der Waals surface area (Å²) < 4.78 is 26.5. The predicted octanol–water partition coefficient (Wildman–Crippen LogP) is 4.10. The largest absolute Gasteiger partial charge is 0.330 e. The van der Waals surface area contributed by atoms with Crippen LogP contribution >= 0.6 is 11.6 Å². The molecule has 6 heteroatoms. The lowest BCUT2D eigenvalue weighted by molar-refractivity contribution is -0.116. The van der Waals surface area contributed by atoms with Gasteiger partial charge in [-0.2, -0.15) is 0 Å². The Morgan fingerprint density at radius 3 is 2.62 bits per heavy atom. The van der Waals surface area contributed by atoms with Crippen LogP contribution in [0, 0.1) is 17.6 Å². The fraction of sp³-hybridized carbons (Fsp3) is 0.533. The molecular weight excluding hydrogens is 298 g/mol. The summed E-state index contributed by atoms with van der Waals surface area (Å²) in [5.74, 6) is -1.60. The zero-order valence-corrected chi connectivity index (χ0v) is 12.9. The lowest BCUT2D eigenvalue weighted by Gasteiger charge is -2.15. The standard InChI is InChI=1S/C15H21ClF2N2O/c1-2-3-10(6-7-19)4-5-14(21)20-15-12(16)8-11(17)9-13(15)18/h8-10H,2-7,19H2,1H3,(H,20,21). The minimum Gasteiger partial charge on any atom is -0.330 e. The molecule has 1 atom stereocenters. The first-order chi connectivity index (χ1) is 9.97. The van der Waals surface area contributed by atoms with Gasteiger partial charge in [-0.05, 0) is 31.4 Å². The quantitative estimate of drug-likeness (QED) is 0.758. The fourth-order valence-corrected chi connectivity index (χ4v) is 2.52. The third-order valence-electron chi connectivity index (χ3n) is 3.32. The smallest absolute Gasteiger partial charge is 0.224 e. The molecule has 1 amide bonds. The number of nitrogens with one attached hydrogen (secondary N) is 1. The summed E-state index contributed by atoms with van der Waals surface area (Å²) in [5, 5.41) is 2.26. The molecule has 0 aromatic heterocycles. The van der Waals surface area contributed by atoms with Gasteiger partial charge in [-0.25, -0.2) is 8.78 Å². The molecule has 1 rings (SSSR count). The second-order valence-electron chi connectivity index (χ2n) is 5.06. The van der Waals surface area contributed by atoms with Crippen molar-refractivity contribution in [1.82, 2.24) is 0 Å². The van der Waals surface area contributed by atoms with E-state index in [2.05, 4.69) is 12.2 Å². The summed E-state index contributed by atoms with van der Waals surface area (Å²) in [6.45, 7) is 2.67. The van der Waals surface area contributed by atoms with E-state index in [1.54, 1.807) is 0 Å². The minimum atomic E-state index is -0.875. The van der Waals surface area contributed by atoms with Crippen LogP contribution < -0.4 is 11.1 Å². The van der Waals surface area contributed by atoms with Crippen LogP contribution in [0.3, 0.4) is 0 Å². The number of anilines is 1. The number of carbonyl (C=O) groups excluding carboxylic acids is 1. The van der Waals surface area contributed by atoms with Gasteiger partial charge in [-0.1, -0.05) is 31.4 Å². The van der Waals surface area contributed by atoms with Crippen molar-refractivity contribution in [2.45, 2.75) is 39.0 Å². The number of rotatable bonds is 8. The van der Waals surface area contributed by atoms with E-state index < -0.39 is 11.6 Å². The summed E-state index contributed by atoms with van der Waals surface area (Å²) >= 11 is 5.73. The molecule has 118 valence electrons. The molecule has 3 nitrogen and oxygen atoms in total. The highest BCUT2D eigenvalue weighted by atomic mass is 35.5. The highest BCUT2D eigenvalue weighted by molar-refractivity contribution is 6.33. The van der Waals surface area contributed by atoms with Gasteiger partial charge in [0, 0.05) is 12.5 Å². The molecule has 0 heterocycles. The van der Waals surface area contributed by atoms with Crippen molar-refractivity contribution < 1.29 is 13.6 Å². The van der Waals surface area contributed by atoms with Crippen LogP contribution in [0.5, 0.6) is 0 Å². The van der Waals surface area contributed by atoms with Crippen molar-refractivity contribution in [3.05, 3.63) is 28.8 Å². The lowest BCUT2D eigenvalue weighted by Crippen LogP contribution is -2.16. The molecule has 0 aliphatic carbocycles. The molecule has 0 bridgehead atoms. The lowest BCUT2D eigenvalue weighted by atomic mass is 9.94. The molecule has 0 saturated carbocycles. The Hall–Kier alpha value is -1.20. The van der Waals surface area contributed by atoms with Gasteiger partial charge >= 0.3 is 0 Å². The van der Waals surface area contributed by atoms with Gasteiger partial charge in [0.25, 0.3) is 0 Å². The van der Waals surface area contributed by atoms with Crippen molar-refractivity contribution in [3.63, 3.8) is 0 Å². The van der Waals surface area contributed by atoms with Crippen molar-refractivity contribution in [2.24, 2.45) is 11.7 Å². The monoisotopic (exact) mass is 318 g/mol. The predicted molar refractivity (Wildman–Crippen MR) is 81.3 cm³/mol. The first-order valence-corrected chi connectivity index (χ1v) is 7.50. The number of halogens is 3. The van der Waals surface area contributed by atoms with Crippen molar-refractivity contribution >= 4 is 23.2 Å². The Balaban J connectivity index is 2.57. The van der Waals surface area contributed by atoms with Gasteiger partial charge in [-0.15, -0.1) is 0 Å². The Morgan fingerprint density at radius 2 is 2.05 bits per heavy atom. The molecule has 0 spiro atoms. The van der Waals surface area contributed by atoms with Crippen molar-refractivity contribution in [2.75, 3.05) is 11.9 Å². The summed E-state index contributed by atoms with van der Waals surface area (Å²) in [4.78, 5) is 11.9. The fourth-order valence-electron chi connectivity index (χ4n) is 2.28. The van der Waals surface area contributed by atoms with Gasteiger partial charge in [0.05, 0.1) is 10.7 Å². The number of carbonyl (C=O) groups is 1. The average molecular weight is 319 g/mol. The third-order valence-corrected chi connectivity index (χ3v) is 3.62. The number of hydrogen-bond acceptors (Lipinski definition) is 2. The van der Waals surface area contributed by atoms with Crippen LogP contribution in [-0.4, -0.2) is 12.5 Å². The number of hydrogen-bond donors (Lipinski definition) is 2. The summed E-state index contributed by atoms with van der Waals surface area (Å²) in [5.41, 5.74) is 5.37. The van der Waals surface area contributed by atoms with Crippen LogP contribution in [0.2, 0.25) is 5.02 Å². The highest BCUT2D eigenvalue weighted by Gasteiger charge is 2.15. The van der Waals surface area contributed by atoms with Crippen molar-refractivity contribution in [1.29, 1.82) is 0 Å². The summed E-state index contributed by atoms with van der Waals surface area (Å²) in [7, 11) is 0. The van der Waals surface area contributed by atoms with Crippen LogP contribution in [0.1, 0.15) is 39.0 Å². The Morgan fingerprint density at radius 1 is 1.33 bits per heavy atom. The Kier molecular flexibility index (Phi) is 7.61. The van der Waals surface area contributed by atoms with Crippen molar-refractivity contribution in [3.8, 4) is 0 Å². The van der Waals surface area contributed by atoms with E-state index in [4.69, 9.17) is 17.3 Å². The number of nitrogens with two attached hydrogens (primary N) is 1. The molecule has 3 N–H and O–H groups in total. The Bertz CT molecular complexity index is 454. The minimum absolute atomic E-state index is 0.145. The molecular formula is C15H21ClF2N2O. The van der Waals surface area contributed by atoms with E-state index in [-0.39, 0.29) is 23.0 Å². The number of benzene rings is 1. The third kappa shape index (κ3) is 5.98. The topological polar surface area (TPSA) is 55.1 Å². The van der Waals surface area contributed by atoms with Crippen LogP contribution in [0.4, 0.5) is 14.5 Å². The second-order valence-corrected chi connectivity index (χ2v) is 5.47. The maximum atomic E-state index is 13.6. The molecule has 21 heavy (non-hydrogen) atoms. The molecule has 1 aromatic rings. The van der Waals surface area contributed by atoms with Gasteiger partial charge in [-0.3, -0.25) is 4.79 Å². The van der Waals surface area contributed by atoms with E-state index in [1.807, 2.05) is 0 Å². The first-order valence-electron chi connectivity index (χ1n) is 7.12. The SMILES string of the molecule is CCCC(CCN)CCC(=O)Nc1c(F)cc(F)cc1Cl. The average Bonchev–Trinajstić information content (AvgIpc) is 2.40. The van der Waals surface area contributed by atoms with Crippen LogP contribution in [0.15, 0.2) is 12.1 Å². The van der Waals surface area contributed by atoms with Gasteiger partial charge in [0.15, 0.2) is 5.82 Å². The van der Waals surface area contributed by atoms with E-state index in [0.29, 0.717) is 24.9 Å². The second kappa shape index (κ2) is 8.95. The molecule has 0 aliphatic heterocycles. The zero-order valence-electron chi connectivity index (χ0n) is 12.1. The molecule has 0 fully saturated rings. The van der Waals surface area contributed by atoms with Gasteiger partial charge in [0.1, 0.15) is 5.82 Å². The molecule has 0 radical (unpaired) electrons. The molecule has 0 aliphatic rings. The van der Waals surface area contributed by atoms with E-state index in [0.717, 1.165) is 25.3 Å². The van der Waals surface area contributed by atoms with E-state index >= 15 is 0 Å². The first kappa shape index (κ1) is 17.9. The summed E-state index contributed by atoms with van der Waals surface area (Å²) in [6, 6.07) is 1.66. The molecule has 1 unspecified atom stereocenters. The zero-order chi connectivity index (χ0) is 15.8. The van der Waals surface area contributed by atoms with Gasteiger partial charge < -0.3 is 11.1 Å². The van der Waals surface area contributed by atoms with E-state index in [9.17, 15) is 13.6 Å².